The van der Waals surface area contributed by atoms with Gasteiger partial charge >= 0.3 is 0 Å². The Morgan fingerprint density at radius 1 is 1.11 bits per heavy atom. The molecule has 3 heteroatoms. The highest BCUT2D eigenvalue weighted by Gasteiger charge is 1.99. The van der Waals surface area contributed by atoms with E-state index in [9.17, 15) is 0 Å². The number of benzene rings is 2. The third-order valence-electron chi connectivity index (χ3n) is 2.91. The first-order valence-electron chi connectivity index (χ1n) is 6.41. The second-order valence-corrected chi connectivity index (χ2v) is 4.83. The van der Waals surface area contributed by atoms with Gasteiger partial charge in [0, 0.05) is 17.3 Å². The third-order valence-corrected chi connectivity index (χ3v) is 3.14. The standard InChI is InChI=1S/C16H18ClNO/c1-3-19-15-7-4-13(5-8-15)11-18-16-9-6-14(17)10-12(16)2/h4-10,18H,3,11H2,1-2H3. The maximum Gasteiger partial charge on any atom is 0.119 e. The third kappa shape index (κ3) is 3.90. The van der Waals surface area contributed by atoms with Gasteiger partial charge in [0.2, 0.25) is 0 Å². The Labute approximate surface area is 119 Å². The Bertz CT molecular complexity index is 537. The lowest BCUT2D eigenvalue weighted by Gasteiger charge is -2.10. The summed E-state index contributed by atoms with van der Waals surface area (Å²) in [6, 6.07) is 14.0. The van der Waals surface area contributed by atoms with Crippen LogP contribution in [0.25, 0.3) is 0 Å². The van der Waals surface area contributed by atoms with E-state index in [-0.39, 0.29) is 0 Å². The molecule has 2 aromatic rings. The van der Waals surface area contributed by atoms with Crippen molar-refractivity contribution in [2.75, 3.05) is 11.9 Å². The van der Waals surface area contributed by atoms with E-state index < -0.39 is 0 Å². The van der Waals surface area contributed by atoms with Crippen molar-refractivity contribution in [3.8, 4) is 5.75 Å². The molecule has 19 heavy (non-hydrogen) atoms. The zero-order valence-corrected chi connectivity index (χ0v) is 12.0. The SMILES string of the molecule is CCOc1ccc(CNc2ccc(Cl)cc2C)cc1. The number of nitrogens with one attached hydrogen (secondary N) is 1. The van der Waals surface area contributed by atoms with Crippen molar-refractivity contribution in [1.29, 1.82) is 0 Å². The number of ether oxygens (including phenoxy) is 1. The predicted molar refractivity (Wildman–Crippen MR) is 81.1 cm³/mol. The molecule has 0 aliphatic heterocycles. The molecule has 0 radical (unpaired) electrons. The zero-order valence-electron chi connectivity index (χ0n) is 11.2. The highest BCUT2D eigenvalue weighted by atomic mass is 35.5. The monoisotopic (exact) mass is 275 g/mol. The van der Waals surface area contributed by atoms with E-state index in [0.717, 1.165) is 28.6 Å². The van der Waals surface area contributed by atoms with Crippen molar-refractivity contribution in [3.63, 3.8) is 0 Å². The molecule has 0 saturated carbocycles. The molecular weight excluding hydrogens is 258 g/mol. The smallest absolute Gasteiger partial charge is 0.119 e. The summed E-state index contributed by atoms with van der Waals surface area (Å²) in [7, 11) is 0. The normalized spacial score (nSPS) is 10.3. The second kappa shape index (κ2) is 6.48. The fraction of sp³-hybridized carbons (Fsp3) is 0.250. The summed E-state index contributed by atoms with van der Waals surface area (Å²) in [5.41, 5.74) is 3.48. The number of halogens is 1. The molecule has 0 saturated heterocycles. The average Bonchev–Trinajstić information content (AvgIpc) is 2.40. The average molecular weight is 276 g/mol. The van der Waals surface area contributed by atoms with Gasteiger partial charge in [0.1, 0.15) is 5.75 Å². The van der Waals surface area contributed by atoms with Crippen molar-refractivity contribution in [2.45, 2.75) is 20.4 Å². The van der Waals surface area contributed by atoms with Crippen molar-refractivity contribution < 1.29 is 4.74 Å². The lowest BCUT2D eigenvalue weighted by atomic mass is 10.1. The fourth-order valence-electron chi connectivity index (χ4n) is 1.89. The number of rotatable bonds is 5. The van der Waals surface area contributed by atoms with Gasteiger partial charge in [0.15, 0.2) is 0 Å². The summed E-state index contributed by atoms with van der Waals surface area (Å²) < 4.78 is 5.42. The topological polar surface area (TPSA) is 21.3 Å². The van der Waals surface area contributed by atoms with Crippen LogP contribution < -0.4 is 10.1 Å². The molecule has 0 aliphatic carbocycles. The Kier molecular flexibility index (Phi) is 4.69. The van der Waals surface area contributed by atoms with Crippen LogP contribution in [0, 0.1) is 6.92 Å². The first-order valence-corrected chi connectivity index (χ1v) is 6.78. The van der Waals surface area contributed by atoms with E-state index in [1.54, 1.807) is 0 Å². The van der Waals surface area contributed by atoms with Gasteiger partial charge in [0.25, 0.3) is 0 Å². The summed E-state index contributed by atoms with van der Waals surface area (Å²) in [6.07, 6.45) is 0. The highest BCUT2D eigenvalue weighted by Crippen LogP contribution is 2.20. The minimum absolute atomic E-state index is 0.696. The maximum atomic E-state index is 5.94. The van der Waals surface area contributed by atoms with Crippen LogP contribution in [0.4, 0.5) is 5.69 Å². The summed E-state index contributed by atoms with van der Waals surface area (Å²) in [6.45, 7) is 5.52. The fourth-order valence-corrected chi connectivity index (χ4v) is 2.12. The van der Waals surface area contributed by atoms with Gasteiger partial charge in [-0.25, -0.2) is 0 Å². The van der Waals surface area contributed by atoms with E-state index in [0.29, 0.717) is 6.61 Å². The molecule has 0 spiro atoms. The number of hydrogen-bond acceptors (Lipinski definition) is 2. The lowest BCUT2D eigenvalue weighted by molar-refractivity contribution is 0.340. The maximum absolute atomic E-state index is 5.94. The van der Waals surface area contributed by atoms with Crippen molar-refractivity contribution >= 4 is 17.3 Å². The van der Waals surface area contributed by atoms with Crippen molar-refractivity contribution in [3.05, 3.63) is 58.6 Å². The van der Waals surface area contributed by atoms with Crippen LogP contribution in [0.5, 0.6) is 5.75 Å². The van der Waals surface area contributed by atoms with E-state index in [2.05, 4.69) is 17.4 Å². The van der Waals surface area contributed by atoms with E-state index in [1.165, 1.54) is 5.56 Å². The summed E-state index contributed by atoms with van der Waals surface area (Å²) >= 11 is 5.94. The van der Waals surface area contributed by atoms with Crippen LogP contribution in [0.3, 0.4) is 0 Å². The van der Waals surface area contributed by atoms with Crippen LogP contribution in [0.1, 0.15) is 18.1 Å². The van der Waals surface area contributed by atoms with Gasteiger partial charge in [-0.15, -0.1) is 0 Å². The van der Waals surface area contributed by atoms with Crippen LogP contribution in [0.15, 0.2) is 42.5 Å². The van der Waals surface area contributed by atoms with E-state index in [4.69, 9.17) is 16.3 Å². The molecule has 0 aliphatic rings. The number of aryl methyl sites for hydroxylation is 1. The molecule has 0 bridgehead atoms. The lowest BCUT2D eigenvalue weighted by Crippen LogP contribution is -2.01. The van der Waals surface area contributed by atoms with Crippen molar-refractivity contribution in [2.24, 2.45) is 0 Å². The van der Waals surface area contributed by atoms with Gasteiger partial charge in [-0.05, 0) is 55.3 Å². The molecule has 2 aromatic carbocycles. The van der Waals surface area contributed by atoms with Gasteiger partial charge in [-0.2, -0.15) is 0 Å². The molecule has 0 amide bonds. The molecular formula is C16H18ClNO. The molecule has 0 aromatic heterocycles. The zero-order chi connectivity index (χ0) is 13.7. The van der Waals surface area contributed by atoms with Gasteiger partial charge in [-0.1, -0.05) is 23.7 Å². The summed E-state index contributed by atoms with van der Waals surface area (Å²) in [4.78, 5) is 0. The Morgan fingerprint density at radius 3 is 2.47 bits per heavy atom. The number of anilines is 1. The predicted octanol–water partition coefficient (Wildman–Crippen LogP) is 4.66. The molecule has 2 nitrogen and oxygen atoms in total. The summed E-state index contributed by atoms with van der Waals surface area (Å²) in [5, 5.41) is 4.18. The second-order valence-electron chi connectivity index (χ2n) is 4.39. The van der Waals surface area contributed by atoms with Crippen LogP contribution in [-0.4, -0.2) is 6.61 Å². The van der Waals surface area contributed by atoms with Crippen LogP contribution in [-0.2, 0) is 6.54 Å². The summed E-state index contributed by atoms with van der Waals surface area (Å²) in [5.74, 6) is 0.911. The molecule has 0 heterocycles. The Hall–Kier alpha value is -1.67. The quantitative estimate of drug-likeness (QED) is 0.857. The Morgan fingerprint density at radius 2 is 1.84 bits per heavy atom. The van der Waals surface area contributed by atoms with Crippen LogP contribution >= 0.6 is 11.6 Å². The first kappa shape index (κ1) is 13.8. The molecule has 1 N–H and O–H groups in total. The van der Waals surface area contributed by atoms with E-state index >= 15 is 0 Å². The van der Waals surface area contributed by atoms with E-state index in [1.807, 2.05) is 44.2 Å². The van der Waals surface area contributed by atoms with Gasteiger partial charge < -0.3 is 10.1 Å². The van der Waals surface area contributed by atoms with Gasteiger partial charge in [-0.3, -0.25) is 0 Å². The molecule has 0 fully saturated rings. The van der Waals surface area contributed by atoms with Crippen LogP contribution in [0.2, 0.25) is 5.02 Å². The molecule has 2 rings (SSSR count). The molecule has 0 atom stereocenters. The highest BCUT2D eigenvalue weighted by molar-refractivity contribution is 6.30. The molecule has 0 unspecified atom stereocenters. The first-order chi connectivity index (χ1) is 9.19. The Balaban J connectivity index is 1.98. The minimum Gasteiger partial charge on any atom is -0.494 e. The van der Waals surface area contributed by atoms with Gasteiger partial charge in [0.05, 0.1) is 6.61 Å². The molecule has 100 valence electrons. The largest absolute Gasteiger partial charge is 0.494 e. The minimum atomic E-state index is 0.696. The van der Waals surface area contributed by atoms with Crippen molar-refractivity contribution in [1.82, 2.24) is 0 Å². The number of hydrogen-bond donors (Lipinski definition) is 1.